The number of halogens is 1. The van der Waals surface area contributed by atoms with Crippen molar-refractivity contribution in [2.75, 3.05) is 5.32 Å². The number of rotatable bonds is 5. The summed E-state index contributed by atoms with van der Waals surface area (Å²) in [5.74, 6) is -0.228. The van der Waals surface area contributed by atoms with E-state index in [-0.39, 0.29) is 11.9 Å². The summed E-state index contributed by atoms with van der Waals surface area (Å²) in [6.45, 7) is 2.01. The highest BCUT2D eigenvalue weighted by molar-refractivity contribution is 5.91. The summed E-state index contributed by atoms with van der Waals surface area (Å²) >= 11 is 0. The number of aromatic nitrogens is 3. The smallest absolute Gasteiger partial charge is 0.123 e. The van der Waals surface area contributed by atoms with Crippen LogP contribution in [-0.2, 0) is 0 Å². The Labute approximate surface area is 156 Å². The molecule has 0 aliphatic carbocycles. The van der Waals surface area contributed by atoms with Crippen molar-refractivity contribution >= 4 is 28.7 Å². The Hall–Kier alpha value is -3.47. The first-order valence-electron chi connectivity index (χ1n) is 8.78. The molecule has 0 fully saturated rings. The molecule has 1 atom stereocenters. The van der Waals surface area contributed by atoms with Crippen molar-refractivity contribution < 1.29 is 4.39 Å². The molecular weight excluding hydrogens is 339 g/mol. The van der Waals surface area contributed by atoms with Gasteiger partial charge in [0.1, 0.15) is 5.82 Å². The van der Waals surface area contributed by atoms with E-state index in [1.807, 2.05) is 61.5 Å². The summed E-state index contributed by atoms with van der Waals surface area (Å²) in [5, 5.41) is 11.9. The number of fused-ring (bicyclic) bond motifs is 1. The number of pyridine rings is 1. The van der Waals surface area contributed by atoms with Gasteiger partial charge in [0, 0.05) is 23.3 Å². The molecule has 1 unspecified atom stereocenters. The van der Waals surface area contributed by atoms with Gasteiger partial charge in [-0.3, -0.25) is 10.1 Å². The summed E-state index contributed by atoms with van der Waals surface area (Å²) in [5.41, 5.74) is 4.53. The van der Waals surface area contributed by atoms with Crippen LogP contribution in [0.4, 0.5) is 10.1 Å². The third-order valence-electron chi connectivity index (χ3n) is 4.42. The molecule has 0 aliphatic rings. The maximum atomic E-state index is 13.5. The second kappa shape index (κ2) is 7.41. The number of aromatic amines is 1. The molecule has 0 radical (unpaired) electrons. The van der Waals surface area contributed by atoms with Crippen molar-refractivity contribution in [2.24, 2.45) is 0 Å². The van der Waals surface area contributed by atoms with Crippen LogP contribution in [0.3, 0.4) is 0 Å². The number of nitrogens with zero attached hydrogens (tertiary/aromatic N) is 2. The van der Waals surface area contributed by atoms with Gasteiger partial charge >= 0.3 is 0 Å². The minimum Gasteiger partial charge on any atom is -0.378 e. The number of anilines is 1. The van der Waals surface area contributed by atoms with Crippen LogP contribution in [0.1, 0.15) is 29.9 Å². The number of benzene rings is 2. The summed E-state index contributed by atoms with van der Waals surface area (Å²) in [7, 11) is 0. The summed E-state index contributed by atoms with van der Waals surface area (Å²) < 4.78 is 13.5. The first-order valence-corrected chi connectivity index (χ1v) is 8.78. The lowest BCUT2D eigenvalue weighted by Gasteiger charge is -2.16. The molecule has 0 spiro atoms. The number of nitrogens with one attached hydrogen (secondary N) is 2. The van der Waals surface area contributed by atoms with Gasteiger partial charge in [0.15, 0.2) is 0 Å². The van der Waals surface area contributed by atoms with Crippen LogP contribution in [0.15, 0.2) is 66.9 Å². The molecule has 4 aromatic rings. The molecular formula is C22H19FN4. The van der Waals surface area contributed by atoms with E-state index in [4.69, 9.17) is 0 Å². The van der Waals surface area contributed by atoms with Crippen LogP contribution in [0.2, 0.25) is 0 Å². The van der Waals surface area contributed by atoms with Crippen LogP contribution < -0.4 is 5.32 Å². The van der Waals surface area contributed by atoms with Crippen LogP contribution in [0.5, 0.6) is 0 Å². The van der Waals surface area contributed by atoms with Crippen LogP contribution in [0, 0.1) is 5.82 Å². The Morgan fingerprint density at radius 2 is 1.96 bits per heavy atom. The van der Waals surface area contributed by atoms with Gasteiger partial charge in [-0.25, -0.2) is 4.39 Å². The highest BCUT2D eigenvalue weighted by Crippen LogP contribution is 2.25. The molecule has 4 nitrogen and oxygen atoms in total. The standard InChI is InChI=1S/C22H19FN4/c1-15(16-5-4-6-17(23)13-16)25-19-9-11-22-20(14-19)21(26-27-22)10-8-18-7-2-3-12-24-18/h2-15,25H,1H3,(H,26,27). The zero-order valence-corrected chi connectivity index (χ0v) is 14.9. The van der Waals surface area contributed by atoms with Crippen molar-refractivity contribution in [1.82, 2.24) is 15.2 Å². The second-order valence-electron chi connectivity index (χ2n) is 6.38. The highest BCUT2D eigenvalue weighted by Gasteiger charge is 2.09. The van der Waals surface area contributed by atoms with Gasteiger partial charge in [0.05, 0.1) is 16.9 Å². The molecule has 4 rings (SSSR count). The fourth-order valence-corrected chi connectivity index (χ4v) is 3.00. The van der Waals surface area contributed by atoms with E-state index in [2.05, 4.69) is 20.5 Å². The van der Waals surface area contributed by atoms with E-state index in [1.54, 1.807) is 18.3 Å². The van der Waals surface area contributed by atoms with Crippen molar-refractivity contribution in [3.63, 3.8) is 0 Å². The van der Waals surface area contributed by atoms with Crippen molar-refractivity contribution in [3.05, 3.63) is 89.6 Å². The first kappa shape index (κ1) is 17.0. The molecule has 0 bridgehead atoms. The Bertz CT molecular complexity index is 1090. The molecule has 0 saturated carbocycles. The molecule has 0 saturated heterocycles. The van der Waals surface area contributed by atoms with Gasteiger partial charge in [-0.2, -0.15) is 5.10 Å². The third-order valence-corrected chi connectivity index (χ3v) is 4.42. The molecule has 27 heavy (non-hydrogen) atoms. The third kappa shape index (κ3) is 3.87. The molecule has 0 aliphatic heterocycles. The van der Waals surface area contributed by atoms with E-state index >= 15 is 0 Å². The Balaban J connectivity index is 1.59. The Morgan fingerprint density at radius 1 is 1.04 bits per heavy atom. The maximum absolute atomic E-state index is 13.5. The lowest BCUT2D eigenvalue weighted by atomic mass is 10.1. The molecule has 134 valence electrons. The fraction of sp³-hybridized carbons (Fsp3) is 0.0909. The van der Waals surface area contributed by atoms with Gasteiger partial charge in [-0.05, 0) is 67.1 Å². The normalized spacial score (nSPS) is 12.5. The lowest BCUT2D eigenvalue weighted by molar-refractivity contribution is 0.623. The van der Waals surface area contributed by atoms with Gasteiger partial charge in [-0.15, -0.1) is 0 Å². The van der Waals surface area contributed by atoms with Crippen LogP contribution >= 0.6 is 0 Å². The summed E-state index contributed by atoms with van der Waals surface area (Å²) in [6.07, 6.45) is 5.64. The Kier molecular flexibility index (Phi) is 4.66. The molecule has 2 N–H and O–H groups in total. The molecule has 2 aromatic heterocycles. The van der Waals surface area contributed by atoms with Crippen molar-refractivity contribution in [2.45, 2.75) is 13.0 Å². The second-order valence-corrected chi connectivity index (χ2v) is 6.38. The SMILES string of the molecule is CC(Nc1ccc2[nH]nc(C=Cc3ccccn3)c2c1)c1cccc(F)c1. The Morgan fingerprint density at radius 3 is 2.78 bits per heavy atom. The van der Waals surface area contributed by atoms with E-state index in [0.29, 0.717) is 0 Å². The van der Waals surface area contributed by atoms with Crippen molar-refractivity contribution in [3.8, 4) is 0 Å². The van der Waals surface area contributed by atoms with E-state index in [1.165, 1.54) is 6.07 Å². The average molecular weight is 358 g/mol. The zero-order valence-electron chi connectivity index (χ0n) is 14.9. The summed E-state index contributed by atoms with van der Waals surface area (Å²) in [4.78, 5) is 4.29. The van der Waals surface area contributed by atoms with E-state index < -0.39 is 0 Å². The topological polar surface area (TPSA) is 53.6 Å². The quantitative estimate of drug-likeness (QED) is 0.499. The van der Waals surface area contributed by atoms with Gasteiger partial charge in [0.2, 0.25) is 0 Å². The lowest BCUT2D eigenvalue weighted by Crippen LogP contribution is -2.06. The predicted octanol–water partition coefficient (Wildman–Crippen LogP) is 5.44. The van der Waals surface area contributed by atoms with Crippen molar-refractivity contribution in [1.29, 1.82) is 0 Å². The number of hydrogen-bond donors (Lipinski definition) is 2. The molecule has 0 amide bonds. The average Bonchev–Trinajstić information content (AvgIpc) is 3.09. The minimum atomic E-state index is -0.228. The fourth-order valence-electron chi connectivity index (χ4n) is 3.00. The van der Waals surface area contributed by atoms with Crippen LogP contribution in [0.25, 0.3) is 23.1 Å². The van der Waals surface area contributed by atoms with E-state index in [9.17, 15) is 4.39 Å². The summed E-state index contributed by atoms with van der Waals surface area (Å²) in [6, 6.07) is 18.4. The minimum absolute atomic E-state index is 0.0161. The van der Waals surface area contributed by atoms with E-state index in [0.717, 1.165) is 33.5 Å². The molecule has 5 heteroatoms. The predicted molar refractivity (Wildman–Crippen MR) is 108 cm³/mol. The molecule has 2 aromatic carbocycles. The molecule has 2 heterocycles. The van der Waals surface area contributed by atoms with Gasteiger partial charge < -0.3 is 5.32 Å². The number of H-pyrrole nitrogens is 1. The number of hydrogen-bond acceptors (Lipinski definition) is 3. The monoisotopic (exact) mass is 358 g/mol. The largest absolute Gasteiger partial charge is 0.378 e. The maximum Gasteiger partial charge on any atom is 0.123 e. The first-order chi connectivity index (χ1) is 13.2. The van der Waals surface area contributed by atoms with Gasteiger partial charge in [0.25, 0.3) is 0 Å². The van der Waals surface area contributed by atoms with Gasteiger partial charge in [-0.1, -0.05) is 18.2 Å². The highest BCUT2D eigenvalue weighted by atomic mass is 19.1. The van der Waals surface area contributed by atoms with Crippen LogP contribution in [-0.4, -0.2) is 15.2 Å². The zero-order chi connectivity index (χ0) is 18.6.